The van der Waals surface area contributed by atoms with Crippen molar-refractivity contribution in [2.75, 3.05) is 47.4 Å². The molecular weight excluding hydrogens is 266 g/mol. The van der Waals surface area contributed by atoms with Crippen LogP contribution in [0, 0.1) is 0 Å². The number of ether oxygens (including phenoxy) is 1. The SMILES string of the molecule is COc1ccccc1CCNC(=O)CNCCCN(C)C. The van der Waals surface area contributed by atoms with Gasteiger partial charge >= 0.3 is 0 Å². The monoisotopic (exact) mass is 293 g/mol. The van der Waals surface area contributed by atoms with Crippen molar-refractivity contribution in [2.45, 2.75) is 12.8 Å². The highest BCUT2D eigenvalue weighted by atomic mass is 16.5. The highest BCUT2D eigenvalue weighted by molar-refractivity contribution is 5.77. The van der Waals surface area contributed by atoms with Gasteiger partial charge in [0.15, 0.2) is 0 Å². The summed E-state index contributed by atoms with van der Waals surface area (Å²) in [6.45, 7) is 2.89. The molecule has 5 nitrogen and oxygen atoms in total. The Morgan fingerprint density at radius 3 is 2.71 bits per heavy atom. The number of hydrogen-bond acceptors (Lipinski definition) is 4. The van der Waals surface area contributed by atoms with E-state index in [0.717, 1.165) is 37.2 Å². The lowest BCUT2D eigenvalue weighted by Crippen LogP contribution is -2.35. The minimum Gasteiger partial charge on any atom is -0.496 e. The van der Waals surface area contributed by atoms with Crippen LogP contribution in [0.15, 0.2) is 24.3 Å². The molecule has 0 aliphatic heterocycles. The summed E-state index contributed by atoms with van der Waals surface area (Å²) >= 11 is 0. The molecule has 21 heavy (non-hydrogen) atoms. The molecule has 1 rings (SSSR count). The van der Waals surface area contributed by atoms with Gasteiger partial charge in [-0.15, -0.1) is 0 Å². The van der Waals surface area contributed by atoms with Crippen molar-refractivity contribution in [2.24, 2.45) is 0 Å². The zero-order valence-electron chi connectivity index (χ0n) is 13.3. The maximum atomic E-state index is 11.7. The molecule has 0 bridgehead atoms. The number of nitrogens with one attached hydrogen (secondary N) is 2. The summed E-state index contributed by atoms with van der Waals surface area (Å²) < 4.78 is 5.28. The maximum Gasteiger partial charge on any atom is 0.233 e. The Hall–Kier alpha value is -1.59. The van der Waals surface area contributed by atoms with Gasteiger partial charge in [0.25, 0.3) is 0 Å². The smallest absolute Gasteiger partial charge is 0.233 e. The molecule has 5 heteroatoms. The Kier molecular flexibility index (Phi) is 8.47. The van der Waals surface area contributed by atoms with Gasteiger partial charge in [-0.25, -0.2) is 0 Å². The highest BCUT2D eigenvalue weighted by Crippen LogP contribution is 2.17. The molecule has 1 aromatic rings. The molecule has 0 unspecified atom stereocenters. The van der Waals surface area contributed by atoms with Gasteiger partial charge in [0.05, 0.1) is 13.7 Å². The Balaban J connectivity index is 2.13. The molecule has 1 aromatic carbocycles. The number of carbonyl (C=O) groups excluding carboxylic acids is 1. The predicted octanol–water partition coefficient (Wildman–Crippen LogP) is 0.895. The fourth-order valence-electron chi connectivity index (χ4n) is 2.03. The van der Waals surface area contributed by atoms with Gasteiger partial charge in [0.2, 0.25) is 5.91 Å². The lowest BCUT2D eigenvalue weighted by Gasteiger charge is -2.11. The van der Waals surface area contributed by atoms with Gasteiger partial charge in [-0.1, -0.05) is 18.2 Å². The summed E-state index contributed by atoms with van der Waals surface area (Å²) in [4.78, 5) is 13.8. The van der Waals surface area contributed by atoms with Gasteiger partial charge in [-0.3, -0.25) is 4.79 Å². The van der Waals surface area contributed by atoms with Crippen LogP contribution in [0.1, 0.15) is 12.0 Å². The first-order valence-corrected chi connectivity index (χ1v) is 7.37. The Bertz CT molecular complexity index is 422. The van der Waals surface area contributed by atoms with E-state index in [9.17, 15) is 4.79 Å². The lowest BCUT2D eigenvalue weighted by molar-refractivity contribution is -0.120. The van der Waals surface area contributed by atoms with Crippen LogP contribution in [-0.4, -0.2) is 58.2 Å². The van der Waals surface area contributed by atoms with Gasteiger partial charge in [-0.2, -0.15) is 0 Å². The van der Waals surface area contributed by atoms with E-state index in [1.165, 1.54) is 0 Å². The average molecular weight is 293 g/mol. The second-order valence-electron chi connectivity index (χ2n) is 5.25. The van der Waals surface area contributed by atoms with Crippen LogP contribution in [0.4, 0.5) is 0 Å². The minimum absolute atomic E-state index is 0.0368. The molecule has 0 aliphatic carbocycles. The van der Waals surface area contributed by atoms with Crippen LogP contribution in [0.2, 0.25) is 0 Å². The third-order valence-corrected chi connectivity index (χ3v) is 3.15. The van der Waals surface area contributed by atoms with Crippen molar-refractivity contribution in [1.29, 1.82) is 0 Å². The van der Waals surface area contributed by atoms with Gasteiger partial charge in [0, 0.05) is 6.54 Å². The second kappa shape index (κ2) is 10.2. The third kappa shape index (κ3) is 7.68. The number of benzene rings is 1. The first kappa shape index (κ1) is 17.5. The van der Waals surface area contributed by atoms with Gasteiger partial charge in [0.1, 0.15) is 5.75 Å². The molecule has 0 aliphatic rings. The number of amides is 1. The van der Waals surface area contributed by atoms with E-state index in [0.29, 0.717) is 13.1 Å². The first-order chi connectivity index (χ1) is 10.1. The molecule has 0 spiro atoms. The summed E-state index contributed by atoms with van der Waals surface area (Å²) in [5.74, 6) is 0.906. The van der Waals surface area contributed by atoms with E-state index in [1.54, 1.807) is 7.11 Å². The number of para-hydroxylation sites is 1. The number of rotatable bonds is 10. The zero-order valence-corrected chi connectivity index (χ0v) is 13.3. The van der Waals surface area contributed by atoms with Crippen LogP contribution < -0.4 is 15.4 Å². The molecule has 1 amide bonds. The number of hydrogen-bond donors (Lipinski definition) is 2. The van der Waals surface area contributed by atoms with E-state index in [4.69, 9.17) is 4.74 Å². The van der Waals surface area contributed by atoms with Crippen molar-refractivity contribution in [1.82, 2.24) is 15.5 Å². The Labute approximate surface area is 127 Å². The predicted molar refractivity (Wildman–Crippen MR) is 85.7 cm³/mol. The number of nitrogens with zero attached hydrogens (tertiary/aromatic N) is 1. The Morgan fingerprint density at radius 1 is 1.24 bits per heavy atom. The number of carbonyl (C=O) groups is 1. The van der Waals surface area contributed by atoms with Gasteiger partial charge in [-0.05, 0) is 51.7 Å². The quantitative estimate of drug-likeness (QED) is 0.629. The fraction of sp³-hybridized carbons (Fsp3) is 0.562. The third-order valence-electron chi connectivity index (χ3n) is 3.15. The zero-order chi connectivity index (χ0) is 15.5. The molecule has 0 atom stereocenters. The topological polar surface area (TPSA) is 53.6 Å². The van der Waals surface area contributed by atoms with Crippen molar-refractivity contribution in [3.05, 3.63) is 29.8 Å². The van der Waals surface area contributed by atoms with Crippen LogP contribution >= 0.6 is 0 Å². The average Bonchev–Trinajstić information content (AvgIpc) is 2.47. The first-order valence-electron chi connectivity index (χ1n) is 7.37. The Morgan fingerprint density at radius 2 is 2.00 bits per heavy atom. The van der Waals surface area contributed by atoms with Crippen molar-refractivity contribution < 1.29 is 9.53 Å². The molecule has 0 saturated carbocycles. The summed E-state index contributed by atoms with van der Waals surface area (Å²) in [7, 11) is 5.75. The van der Waals surface area contributed by atoms with Crippen molar-refractivity contribution in [3.8, 4) is 5.75 Å². The van der Waals surface area contributed by atoms with E-state index in [-0.39, 0.29) is 5.91 Å². The van der Waals surface area contributed by atoms with Crippen LogP contribution in [0.25, 0.3) is 0 Å². The summed E-state index contributed by atoms with van der Waals surface area (Å²) in [5.41, 5.74) is 1.11. The summed E-state index contributed by atoms with van der Waals surface area (Å²) in [6, 6.07) is 7.87. The largest absolute Gasteiger partial charge is 0.496 e. The maximum absolute atomic E-state index is 11.7. The molecule has 0 saturated heterocycles. The van der Waals surface area contributed by atoms with Gasteiger partial charge < -0.3 is 20.3 Å². The molecular formula is C16H27N3O2. The molecule has 0 radical (unpaired) electrons. The summed E-state index contributed by atoms with van der Waals surface area (Å²) in [6.07, 6.45) is 1.82. The normalized spacial score (nSPS) is 10.7. The van der Waals surface area contributed by atoms with Crippen molar-refractivity contribution >= 4 is 5.91 Å². The minimum atomic E-state index is 0.0368. The highest BCUT2D eigenvalue weighted by Gasteiger charge is 2.03. The van der Waals surface area contributed by atoms with Crippen LogP contribution in [0.3, 0.4) is 0 Å². The molecule has 0 heterocycles. The van der Waals surface area contributed by atoms with E-state index >= 15 is 0 Å². The standard InChI is InChI=1S/C16H27N3O2/c1-19(2)12-6-10-17-13-16(20)18-11-9-14-7-4-5-8-15(14)21-3/h4-5,7-8,17H,6,9-13H2,1-3H3,(H,18,20). The van der Waals surface area contributed by atoms with Crippen molar-refractivity contribution in [3.63, 3.8) is 0 Å². The molecule has 2 N–H and O–H groups in total. The van der Waals surface area contributed by atoms with E-state index < -0.39 is 0 Å². The second-order valence-corrected chi connectivity index (χ2v) is 5.25. The molecule has 0 fully saturated rings. The lowest BCUT2D eigenvalue weighted by atomic mass is 10.1. The van der Waals surface area contributed by atoms with E-state index in [1.807, 2.05) is 38.4 Å². The summed E-state index contributed by atoms with van der Waals surface area (Å²) in [5, 5.41) is 6.06. The fourth-order valence-corrected chi connectivity index (χ4v) is 2.03. The van der Waals surface area contributed by atoms with Crippen LogP contribution in [0.5, 0.6) is 5.75 Å². The van der Waals surface area contributed by atoms with E-state index in [2.05, 4.69) is 15.5 Å². The molecule has 0 aromatic heterocycles. The van der Waals surface area contributed by atoms with Crippen LogP contribution in [-0.2, 0) is 11.2 Å². The molecule has 118 valence electrons. The number of methoxy groups -OCH3 is 1.